The topological polar surface area (TPSA) is 66.0 Å². The molecule has 1 saturated heterocycles. The van der Waals surface area contributed by atoms with Gasteiger partial charge in [-0.15, -0.1) is 24.0 Å². The Morgan fingerprint density at radius 2 is 2.08 bits per heavy atom. The summed E-state index contributed by atoms with van der Waals surface area (Å²) in [6, 6.07) is 0.367. The highest BCUT2D eigenvalue weighted by atomic mass is 127. The van der Waals surface area contributed by atoms with Crippen LogP contribution < -0.4 is 10.6 Å². The zero-order valence-electron chi connectivity index (χ0n) is 15.7. The van der Waals surface area contributed by atoms with Crippen LogP contribution in [0.5, 0.6) is 0 Å². The Morgan fingerprint density at radius 1 is 1.36 bits per heavy atom. The van der Waals surface area contributed by atoms with Gasteiger partial charge in [-0.05, 0) is 31.9 Å². The number of ether oxygens (including phenoxy) is 1. The SMILES string of the molecule is CSCCNC(=NCC(=O)N(C)C)NC1CCOC2(CCCC2)C1.I. The molecule has 2 rings (SSSR count). The van der Waals surface area contributed by atoms with E-state index in [0.717, 1.165) is 37.7 Å². The summed E-state index contributed by atoms with van der Waals surface area (Å²) in [5.74, 6) is 1.78. The number of carbonyl (C=O) groups excluding carboxylic acids is 1. The summed E-state index contributed by atoms with van der Waals surface area (Å²) < 4.78 is 6.10. The molecule has 146 valence electrons. The lowest BCUT2D eigenvalue weighted by Gasteiger charge is -2.39. The minimum atomic E-state index is 0. The summed E-state index contributed by atoms with van der Waals surface area (Å²) in [4.78, 5) is 17.9. The zero-order valence-corrected chi connectivity index (χ0v) is 18.8. The van der Waals surface area contributed by atoms with Crippen molar-refractivity contribution >= 4 is 47.6 Å². The van der Waals surface area contributed by atoms with Crippen LogP contribution in [0, 0.1) is 0 Å². The second kappa shape index (κ2) is 11.5. The molecular weight excluding hydrogens is 451 g/mol. The third-order valence-corrected chi connectivity index (χ3v) is 5.43. The summed E-state index contributed by atoms with van der Waals surface area (Å²) in [7, 11) is 3.52. The molecule has 2 N–H and O–H groups in total. The highest BCUT2D eigenvalue weighted by Gasteiger charge is 2.40. The van der Waals surface area contributed by atoms with Crippen molar-refractivity contribution in [2.45, 2.75) is 50.2 Å². The smallest absolute Gasteiger partial charge is 0.243 e. The molecule has 1 aliphatic carbocycles. The molecule has 8 heteroatoms. The first-order chi connectivity index (χ1) is 11.5. The monoisotopic (exact) mass is 484 g/mol. The van der Waals surface area contributed by atoms with Crippen molar-refractivity contribution in [3.63, 3.8) is 0 Å². The maximum Gasteiger partial charge on any atom is 0.243 e. The van der Waals surface area contributed by atoms with E-state index in [1.54, 1.807) is 30.8 Å². The van der Waals surface area contributed by atoms with Crippen molar-refractivity contribution < 1.29 is 9.53 Å². The number of rotatable bonds is 6. The molecule has 0 aromatic carbocycles. The summed E-state index contributed by atoms with van der Waals surface area (Å²) in [5, 5.41) is 6.89. The van der Waals surface area contributed by atoms with E-state index in [1.807, 2.05) is 0 Å². The van der Waals surface area contributed by atoms with Crippen molar-refractivity contribution in [3.8, 4) is 0 Å². The van der Waals surface area contributed by atoms with Crippen LogP contribution in [0.1, 0.15) is 38.5 Å². The largest absolute Gasteiger partial charge is 0.375 e. The van der Waals surface area contributed by atoms with Crippen LogP contribution in [-0.4, -0.2) is 74.2 Å². The molecule has 1 saturated carbocycles. The summed E-state index contributed by atoms with van der Waals surface area (Å²) in [6.07, 6.45) is 9.02. The fraction of sp³-hybridized carbons (Fsp3) is 0.882. The van der Waals surface area contributed by atoms with E-state index < -0.39 is 0 Å². The van der Waals surface area contributed by atoms with Gasteiger partial charge in [0.25, 0.3) is 0 Å². The number of halogens is 1. The van der Waals surface area contributed by atoms with Crippen LogP contribution in [-0.2, 0) is 9.53 Å². The molecule has 6 nitrogen and oxygen atoms in total. The van der Waals surface area contributed by atoms with E-state index in [2.05, 4.69) is 21.9 Å². The summed E-state index contributed by atoms with van der Waals surface area (Å²) >= 11 is 1.79. The number of hydrogen-bond acceptors (Lipinski definition) is 4. The first-order valence-electron chi connectivity index (χ1n) is 8.92. The fourth-order valence-corrected chi connectivity index (χ4v) is 3.73. The molecule has 2 aliphatic rings. The molecule has 1 spiro atoms. The molecule has 1 unspecified atom stereocenters. The third kappa shape index (κ3) is 7.50. The van der Waals surface area contributed by atoms with Gasteiger partial charge in [0.05, 0.1) is 5.60 Å². The van der Waals surface area contributed by atoms with Crippen LogP contribution in [0.4, 0.5) is 0 Å². The van der Waals surface area contributed by atoms with Gasteiger partial charge in [0.2, 0.25) is 5.91 Å². The lowest BCUT2D eigenvalue weighted by atomic mass is 9.89. The second-order valence-corrected chi connectivity index (χ2v) is 7.93. The molecule has 0 radical (unpaired) electrons. The quantitative estimate of drug-likeness (QED) is 0.262. The molecular formula is C17H33IN4O2S. The van der Waals surface area contributed by atoms with Crippen LogP contribution in [0.3, 0.4) is 0 Å². The molecule has 1 amide bonds. The lowest BCUT2D eigenvalue weighted by Crippen LogP contribution is -2.51. The standard InChI is InChI=1S/C17H32N4O2S.HI/c1-21(2)15(22)13-19-16(18-9-11-24-3)20-14-6-10-23-17(12-14)7-4-5-8-17;/h14H,4-13H2,1-3H3,(H2,18,19,20);1H. The van der Waals surface area contributed by atoms with E-state index in [9.17, 15) is 4.79 Å². The Labute approximate surface area is 173 Å². The van der Waals surface area contributed by atoms with Crippen LogP contribution in [0.2, 0.25) is 0 Å². The number of carbonyl (C=O) groups is 1. The molecule has 1 heterocycles. The second-order valence-electron chi connectivity index (χ2n) is 6.95. The van der Waals surface area contributed by atoms with Crippen LogP contribution in [0.25, 0.3) is 0 Å². The minimum Gasteiger partial charge on any atom is -0.375 e. The normalized spacial score (nSPS) is 22.4. The Balaban J connectivity index is 0.00000312. The summed E-state index contributed by atoms with van der Waals surface area (Å²) in [6.45, 7) is 1.83. The van der Waals surface area contributed by atoms with Crippen molar-refractivity contribution in [3.05, 3.63) is 0 Å². The van der Waals surface area contributed by atoms with Gasteiger partial charge < -0.3 is 20.3 Å². The number of thioether (sulfide) groups is 1. The number of amides is 1. The number of nitrogens with one attached hydrogen (secondary N) is 2. The number of nitrogens with zero attached hydrogens (tertiary/aromatic N) is 2. The van der Waals surface area contributed by atoms with Gasteiger partial charge in [0.1, 0.15) is 6.54 Å². The van der Waals surface area contributed by atoms with Crippen molar-refractivity contribution in [1.82, 2.24) is 15.5 Å². The van der Waals surface area contributed by atoms with Gasteiger partial charge in [0, 0.05) is 39.0 Å². The molecule has 1 atom stereocenters. The molecule has 1 aliphatic heterocycles. The highest BCUT2D eigenvalue weighted by molar-refractivity contribution is 14.0. The predicted molar refractivity (Wildman–Crippen MR) is 116 cm³/mol. The van der Waals surface area contributed by atoms with Gasteiger partial charge in [0.15, 0.2) is 5.96 Å². The van der Waals surface area contributed by atoms with Crippen molar-refractivity contribution in [1.29, 1.82) is 0 Å². The minimum absolute atomic E-state index is 0. The maximum absolute atomic E-state index is 11.8. The lowest BCUT2D eigenvalue weighted by molar-refractivity contribution is -0.127. The number of guanidine groups is 1. The van der Waals surface area contributed by atoms with Gasteiger partial charge in [-0.25, -0.2) is 4.99 Å². The van der Waals surface area contributed by atoms with E-state index in [4.69, 9.17) is 4.74 Å². The molecule has 0 bridgehead atoms. The Kier molecular flexibility index (Phi) is 10.5. The fourth-order valence-electron chi connectivity index (χ4n) is 3.42. The summed E-state index contributed by atoms with van der Waals surface area (Å²) in [5.41, 5.74) is 0.0831. The average Bonchev–Trinajstić information content (AvgIpc) is 2.99. The van der Waals surface area contributed by atoms with Gasteiger partial charge >= 0.3 is 0 Å². The number of aliphatic imine (C=N–C) groups is 1. The van der Waals surface area contributed by atoms with E-state index in [-0.39, 0.29) is 42.0 Å². The van der Waals surface area contributed by atoms with Gasteiger partial charge in [-0.1, -0.05) is 12.8 Å². The zero-order chi connectivity index (χ0) is 17.4. The average molecular weight is 484 g/mol. The molecule has 25 heavy (non-hydrogen) atoms. The molecule has 2 fully saturated rings. The van der Waals surface area contributed by atoms with Crippen molar-refractivity contribution in [2.24, 2.45) is 4.99 Å². The Hall–Kier alpha value is -0.220. The number of likely N-dealkylation sites (N-methyl/N-ethyl adjacent to an activating group) is 1. The van der Waals surface area contributed by atoms with Crippen molar-refractivity contribution in [2.75, 3.05) is 45.8 Å². The Morgan fingerprint density at radius 3 is 2.72 bits per heavy atom. The van der Waals surface area contributed by atoms with Crippen LogP contribution >= 0.6 is 35.7 Å². The maximum atomic E-state index is 11.8. The van der Waals surface area contributed by atoms with Crippen LogP contribution in [0.15, 0.2) is 4.99 Å². The first-order valence-corrected chi connectivity index (χ1v) is 10.3. The molecule has 0 aromatic heterocycles. The third-order valence-electron chi connectivity index (χ3n) is 4.82. The predicted octanol–water partition coefficient (Wildman–Crippen LogP) is 2.08. The van der Waals surface area contributed by atoms with E-state index in [0.29, 0.717) is 6.04 Å². The van der Waals surface area contributed by atoms with Gasteiger partial charge in [-0.2, -0.15) is 11.8 Å². The van der Waals surface area contributed by atoms with E-state index in [1.165, 1.54) is 25.7 Å². The number of hydrogen-bond donors (Lipinski definition) is 2. The van der Waals surface area contributed by atoms with E-state index >= 15 is 0 Å². The first kappa shape index (κ1) is 22.8. The van der Waals surface area contributed by atoms with Gasteiger partial charge in [-0.3, -0.25) is 4.79 Å². The highest BCUT2D eigenvalue weighted by Crippen LogP contribution is 2.39. The molecule has 0 aromatic rings. The Bertz CT molecular complexity index is 442.